The highest BCUT2D eigenvalue weighted by Gasteiger charge is 2.38. The zero-order valence-electron chi connectivity index (χ0n) is 17.7. The van der Waals surface area contributed by atoms with Crippen LogP contribution in [0.1, 0.15) is 21.2 Å². The Labute approximate surface area is 194 Å². The second kappa shape index (κ2) is 10.4. The summed E-state index contributed by atoms with van der Waals surface area (Å²) >= 11 is 1.62. The van der Waals surface area contributed by atoms with Crippen molar-refractivity contribution in [2.24, 2.45) is 0 Å². The minimum atomic E-state index is -5.08. The van der Waals surface area contributed by atoms with Crippen LogP contribution in [0.3, 0.4) is 0 Å². The lowest BCUT2D eigenvalue weighted by molar-refractivity contribution is -0.192. The predicted octanol–water partition coefficient (Wildman–Crippen LogP) is 2.37. The zero-order chi connectivity index (χ0) is 24.9. The first-order chi connectivity index (χ1) is 16.1. The molecule has 4 heterocycles. The van der Waals surface area contributed by atoms with Gasteiger partial charge in [0.15, 0.2) is 11.5 Å². The molecule has 34 heavy (non-hydrogen) atoms. The van der Waals surface area contributed by atoms with Crippen molar-refractivity contribution < 1.29 is 33.0 Å². The number of thiazole rings is 1. The van der Waals surface area contributed by atoms with Crippen LogP contribution in [0.25, 0.3) is 17.0 Å². The highest BCUT2D eigenvalue weighted by molar-refractivity contribution is 7.09. The second-order valence-corrected chi connectivity index (χ2v) is 7.87. The number of hydrogen-bond donors (Lipinski definition) is 3. The molecule has 0 unspecified atom stereocenters. The van der Waals surface area contributed by atoms with Crippen LogP contribution in [-0.4, -0.2) is 65.3 Å². The van der Waals surface area contributed by atoms with Crippen molar-refractivity contribution in [2.75, 3.05) is 13.2 Å². The molecule has 4 rings (SSSR count). The van der Waals surface area contributed by atoms with E-state index in [9.17, 15) is 18.0 Å². The van der Waals surface area contributed by atoms with E-state index in [-0.39, 0.29) is 19.1 Å². The minimum Gasteiger partial charge on any atom is -0.475 e. The standard InChI is InChI=1S/C18H18N6O2S.C2HF3O2/c1-12-21-13(10-27-12)8-23-9-14(20-11-23)17-22-16(18(26)19-5-7-25)15-4-2-3-6-24(15)17;3-2(4,5)1(6)7/h2-4,6,9-11,25H,5,7-8H2,1H3,(H,19,26);(H,6,7). The summed E-state index contributed by atoms with van der Waals surface area (Å²) in [5, 5.41) is 21.8. The average molecular weight is 496 g/mol. The van der Waals surface area contributed by atoms with Crippen molar-refractivity contribution in [3.8, 4) is 11.5 Å². The van der Waals surface area contributed by atoms with E-state index in [1.54, 1.807) is 17.7 Å². The van der Waals surface area contributed by atoms with E-state index >= 15 is 0 Å². The summed E-state index contributed by atoms with van der Waals surface area (Å²) < 4.78 is 35.5. The van der Waals surface area contributed by atoms with Crippen molar-refractivity contribution in [3.05, 3.63) is 58.7 Å². The zero-order valence-corrected chi connectivity index (χ0v) is 18.5. The highest BCUT2D eigenvalue weighted by Crippen LogP contribution is 2.22. The number of aliphatic hydroxyl groups is 1. The Kier molecular flexibility index (Phi) is 7.63. The topological polar surface area (TPSA) is 135 Å². The second-order valence-electron chi connectivity index (χ2n) is 6.81. The number of nitrogens with zero attached hydrogens (tertiary/aromatic N) is 5. The first kappa shape index (κ1) is 24.9. The predicted molar refractivity (Wildman–Crippen MR) is 115 cm³/mol. The maximum Gasteiger partial charge on any atom is 0.490 e. The molecule has 0 aliphatic carbocycles. The number of pyridine rings is 1. The fourth-order valence-corrected chi connectivity index (χ4v) is 3.47. The summed E-state index contributed by atoms with van der Waals surface area (Å²) in [5.41, 5.74) is 2.65. The summed E-state index contributed by atoms with van der Waals surface area (Å²) in [6.07, 6.45) is 0.398. The van der Waals surface area contributed by atoms with Crippen LogP contribution in [0.4, 0.5) is 13.2 Å². The number of aryl methyl sites for hydroxylation is 1. The van der Waals surface area contributed by atoms with Crippen LogP contribution in [0.15, 0.2) is 42.3 Å². The van der Waals surface area contributed by atoms with Crippen LogP contribution in [0.2, 0.25) is 0 Å². The van der Waals surface area contributed by atoms with Crippen molar-refractivity contribution in [1.82, 2.24) is 29.2 Å². The van der Waals surface area contributed by atoms with Gasteiger partial charge in [0.05, 0.1) is 35.7 Å². The van der Waals surface area contributed by atoms with Gasteiger partial charge in [-0.1, -0.05) is 6.07 Å². The Balaban J connectivity index is 0.000000406. The molecule has 10 nitrogen and oxygen atoms in total. The van der Waals surface area contributed by atoms with Crippen LogP contribution in [0, 0.1) is 6.92 Å². The smallest absolute Gasteiger partial charge is 0.475 e. The number of aliphatic hydroxyl groups excluding tert-OH is 1. The SMILES string of the molecule is Cc1nc(Cn2cnc(-c3nc(C(=O)NCCO)c4ccccn34)c2)cs1.O=C(O)C(F)(F)F. The molecule has 0 aliphatic rings. The Morgan fingerprint density at radius 3 is 2.59 bits per heavy atom. The third-order valence-electron chi connectivity index (χ3n) is 4.28. The molecule has 1 amide bonds. The number of nitrogens with one attached hydrogen (secondary N) is 1. The van der Waals surface area contributed by atoms with Gasteiger partial charge in [0.2, 0.25) is 0 Å². The van der Waals surface area contributed by atoms with E-state index in [1.165, 1.54) is 0 Å². The minimum absolute atomic E-state index is 0.120. The molecular formula is C20H19F3N6O4S. The van der Waals surface area contributed by atoms with E-state index in [1.807, 2.05) is 51.9 Å². The molecule has 0 radical (unpaired) electrons. The monoisotopic (exact) mass is 496 g/mol. The highest BCUT2D eigenvalue weighted by atomic mass is 32.1. The summed E-state index contributed by atoms with van der Waals surface area (Å²) in [5.74, 6) is -2.49. The summed E-state index contributed by atoms with van der Waals surface area (Å²) in [4.78, 5) is 34.7. The lowest BCUT2D eigenvalue weighted by atomic mass is 10.3. The average Bonchev–Trinajstić information content (AvgIpc) is 3.50. The molecule has 3 N–H and O–H groups in total. The maximum absolute atomic E-state index is 12.4. The number of fused-ring (bicyclic) bond motifs is 1. The van der Waals surface area contributed by atoms with Crippen LogP contribution < -0.4 is 5.32 Å². The number of aliphatic carboxylic acids is 1. The number of hydrogen-bond acceptors (Lipinski definition) is 7. The third kappa shape index (κ3) is 5.96. The van der Waals surface area contributed by atoms with Crippen molar-refractivity contribution >= 4 is 28.7 Å². The molecule has 0 spiro atoms. The number of rotatable bonds is 6. The lowest BCUT2D eigenvalue weighted by Gasteiger charge is -2.00. The Hall–Kier alpha value is -3.78. The van der Waals surface area contributed by atoms with E-state index in [4.69, 9.17) is 15.0 Å². The number of amides is 1. The van der Waals surface area contributed by atoms with Crippen LogP contribution in [0.5, 0.6) is 0 Å². The fourth-order valence-electron chi connectivity index (χ4n) is 2.87. The van der Waals surface area contributed by atoms with Gasteiger partial charge in [0.1, 0.15) is 5.69 Å². The maximum atomic E-state index is 12.4. The molecule has 0 bridgehead atoms. The van der Waals surface area contributed by atoms with Crippen molar-refractivity contribution in [1.29, 1.82) is 0 Å². The van der Waals surface area contributed by atoms with Gasteiger partial charge in [-0.3, -0.25) is 9.20 Å². The molecular weight excluding hydrogens is 477 g/mol. The molecule has 4 aromatic rings. The first-order valence-corrected chi connectivity index (χ1v) is 10.6. The Morgan fingerprint density at radius 1 is 1.24 bits per heavy atom. The van der Waals surface area contributed by atoms with E-state index in [0.717, 1.165) is 10.7 Å². The summed E-state index contributed by atoms with van der Waals surface area (Å²) in [6.45, 7) is 2.67. The molecule has 14 heteroatoms. The number of imidazole rings is 2. The molecule has 0 saturated carbocycles. The molecule has 0 atom stereocenters. The number of alkyl halides is 3. The van der Waals surface area contributed by atoms with Gasteiger partial charge < -0.3 is 20.1 Å². The van der Waals surface area contributed by atoms with E-state index in [2.05, 4.69) is 20.3 Å². The lowest BCUT2D eigenvalue weighted by Crippen LogP contribution is -2.26. The number of halogens is 3. The number of carboxylic acids is 1. The summed E-state index contributed by atoms with van der Waals surface area (Å²) in [6, 6.07) is 5.56. The first-order valence-electron chi connectivity index (χ1n) is 9.69. The van der Waals surface area contributed by atoms with Gasteiger partial charge in [-0.25, -0.2) is 19.7 Å². The van der Waals surface area contributed by atoms with E-state index < -0.39 is 12.1 Å². The van der Waals surface area contributed by atoms with Crippen LogP contribution >= 0.6 is 11.3 Å². The Bertz CT molecular complexity index is 1300. The van der Waals surface area contributed by atoms with Crippen molar-refractivity contribution in [3.63, 3.8) is 0 Å². The summed E-state index contributed by atoms with van der Waals surface area (Å²) in [7, 11) is 0. The molecule has 0 fully saturated rings. The van der Waals surface area contributed by atoms with Gasteiger partial charge in [-0.05, 0) is 19.1 Å². The fraction of sp³-hybridized carbons (Fsp3) is 0.250. The van der Waals surface area contributed by atoms with Crippen molar-refractivity contribution in [2.45, 2.75) is 19.6 Å². The Morgan fingerprint density at radius 2 is 1.97 bits per heavy atom. The number of carbonyl (C=O) groups is 2. The molecule has 0 aromatic carbocycles. The number of carbonyl (C=O) groups excluding carboxylic acids is 1. The molecule has 180 valence electrons. The van der Waals surface area contributed by atoms with Gasteiger partial charge in [-0.15, -0.1) is 11.3 Å². The van der Waals surface area contributed by atoms with E-state index in [0.29, 0.717) is 29.3 Å². The van der Waals surface area contributed by atoms with Gasteiger partial charge >= 0.3 is 12.1 Å². The molecule has 0 aliphatic heterocycles. The quantitative estimate of drug-likeness (QED) is 0.373. The largest absolute Gasteiger partial charge is 0.490 e. The number of carboxylic acid groups (broad SMARTS) is 1. The van der Waals surface area contributed by atoms with Gasteiger partial charge in [0.25, 0.3) is 5.91 Å². The third-order valence-corrected chi connectivity index (χ3v) is 5.10. The number of aromatic nitrogens is 5. The normalized spacial score (nSPS) is 11.2. The van der Waals surface area contributed by atoms with Gasteiger partial charge in [-0.2, -0.15) is 13.2 Å². The molecule has 0 saturated heterocycles. The molecule has 4 aromatic heterocycles. The van der Waals surface area contributed by atoms with Gasteiger partial charge in [0, 0.05) is 24.3 Å². The van der Waals surface area contributed by atoms with Crippen LogP contribution in [-0.2, 0) is 11.3 Å².